The Labute approximate surface area is 146 Å². The van der Waals surface area contributed by atoms with Crippen molar-refractivity contribution >= 4 is 23.1 Å². The van der Waals surface area contributed by atoms with Crippen molar-refractivity contribution in [2.45, 2.75) is 38.5 Å². The first kappa shape index (κ1) is 16.9. The van der Waals surface area contributed by atoms with E-state index in [-0.39, 0.29) is 11.3 Å². The minimum Gasteiger partial charge on any atom is -0.206 e. The van der Waals surface area contributed by atoms with Crippen LogP contribution in [0.4, 0.5) is 14.5 Å². The monoisotopic (exact) mass is 343 g/mol. The van der Waals surface area contributed by atoms with Crippen molar-refractivity contribution in [1.82, 2.24) is 0 Å². The Morgan fingerprint density at radius 1 is 1.00 bits per heavy atom. The quantitative estimate of drug-likeness (QED) is 0.448. The van der Waals surface area contributed by atoms with Gasteiger partial charge in [0.1, 0.15) is 17.3 Å². The van der Waals surface area contributed by atoms with E-state index in [1.807, 2.05) is 24.3 Å². The lowest BCUT2D eigenvalue weighted by Crippen LogP contribution is -2.10. The zero-order chi connectivity index (χ0) is 17.1. The van der Waals surface area contributed by atoms with E-state index >= 15 is 0 Å². The van der Waals surface area contributed by atoms with Crippen LogP contribution in [0.1, 0.15) is 44.1 Å². The molecule has 0 unspecified atom stereocenters. The van der Waals surface area contributed by atoms with Gasteiger partial charge in [0.2, 0.25) is 0 Å². The predicted octanol–water partition coefficient (Wildman–Crippen LogP) is 6.66. The fourth-order valence-corrected chi connectivity index (χ4v) is 3.52. The molecule has 0 atom stereocenters. The van der Waals surface area contributed by atoms with Gasteiger partial charge in [-0.15, -0.1) is 0 Å². The summed E-state index contributed by atoms with van der Waals surface area (Å²) in [5.41, 5.74) is 2.06. The molecule has 0 amide bonds. The third kappa shape index (κ3) is 3.61. The average molecular weight is 343 g/mol. The molecular weight excluding hydrogens is 324 g/mol. The standard InChI is InChI=1S/C20H19F2NS/c1-13-2-4-14(5-3-13)15-6-8-16(9-7-15)17-10-19(22)20(23-12-24)11-18(17)21/h6-11,13-14H,2-5H2,1H3. The lowest BCUT2D eigenvalue weighted by molar-refractivity contribution is 0.348. The molecular formula is C20H19F2NS. The molecule has 4 heteroatoms. The van der Waals surface area contributed by atoms with Crippen LogP contribution < -0.4 is 0 Å². The fraction of sp³-hybridized carbons (Fsp3) is 0.350. The van der Waals surface area contributed by atoms with Crippen molar-refractivity contribution in [1.29, 1.82) is 0 Å². The minimum atomic E-state index is -0.603. The van der Waals surface area contributed by atoms with Gasteiger partial charge in [0.05, 0.1) is 5.16 Å². The molecule has 2 aromatic rings. The number of rotatable bonds is 3. The molecule has 0 aromatic heterocycles. The van der Waals surface area contributed by atoms with Gasteiger partial charge in [-0.2, -0.15) is 4.99 Å². The molecule has 24 heavy (non-hydrogen) atoms. The lowest BCUT2D eigenvalue weighted by atomic mass is 9.79. The van der Waals surface area contributed by atoms with Crippen LogP contribution >= 0.6 is 12.2 Å². The van der Waals surface area contributed by atoms with Crippen LogP contribution in [0.2, 0.25) is 0 Å². The summed E-state index contributed by atoms with van der Waals surface area (Å²) in [4.78, 5) is 3.53. The first-order chi connectivity index (χ1) is 11.6. The van der Waals surface area contributed by atoms with E-state index in [2.05, 4.69) is 29.3 Å². The summed E-state index contributed by atoms with van der Waals surface area (Å²) in [5, 5.41) is 2.06. The molecule has 1 nitrogen and oxygen atoms in total. The number of thiocarbonyl (C=S) groups is 1. The van der Waals surface area contributed by atoms with Crippen molar-refractivity contribution in [3.63, 3.8) is 0 Å². The molecule has 0 bridgehead atoms. The Balaban J connectivity index is 1.86. The second kappa shape index (κ2) is 7.33. The van der Waals surface area contributed by atoms with Crippen molar-refractivity contribution in [3.05, 3.63) is 53.6 Å². The van der Waals surface area contributed by atoms with Gasteiger partial charge < -0.3 is 0 Å². The maximum Gasteiger partial charge on any atom is 0.150 e. The highest BCUT2D eigenvalue weighted by molar-refractivity contribution is 7.78. The predicted molar refractivity (Wildman–Crippen MR) is 96.9 cm³/mol. The van der Waals surface area contributed by atoms with Crippen LogP contribution in [0, 0.1) is 17.6 Å². The smallest absolute Gasteiger partial charge is 0.150 e. The normalized spacial score (nSPS) is 20.5. The summed E-state index contributed by atoms with van der Waals surface area (Å²) < 4.78 is 28.2. The van der Waals surface area contributed by atoms with E-state index in [4.69, 9.17) is 0 Å². The number of aliphatic imine (C=N–C) groups is 1. The molecule has 1 fully saturated rings. The third-order valence-corrected chi connectivity index (χ3v) is 5.00. The summed E-state index contributed by atoms with van der Waals surface area (Å²) in [5.74, 6) is 0.274. The SMILES string of the molecule is CC1CCC(c2ccc(-c3cc(F)c(N=C=S)cc3F)cc2)CC1. The zero-order valence-electron chi connectivity index (χ0n) is 13.6. The minimum absolute atomic E-state index is 0.126. The van der Waals surface area contributed by atoms with Crippen molar-refractivity contribution in [2.75, 3.05) is 0 Å². The van der Waals surface area contributed by atoms with Gasteiger partial charge in [0.15, 0.2) is 0 Å². The molecule has 0 radical (unpaired) electrons. The van der Waals surface area contributed by atoms with Crippen LogP contribution in [0.15, 0.2) is 41.4 Å². The molecule has 124 valence electrons. The first-order valence-corrected chi connectivity index (χ1v) is 8.66. The molecule has 0 aliphatic heterocycles. The topological polar surface area (TPSA) is 12.4 Å². The Bertz CT molecular complexity index is 771. The third-order valence-electron chi connectivity index (χ3n) is 4.91. The maximum absolute atomic E-state index is 14.2. The Kier molecular flexibility index (Phi) is 5.17. The summed E-state index contributed by atoms with van der Waals surface area (Å²) >= 11 is 4.44. The largest absolute Gasteiger partial charge is 0.206 e. The van der Waals surface area contributed by atoms with Crippen molar-refractivity contribution in [3.8, 4) is 11.1 Å². The molecule has 0 N–H and O–H groups in total. The van der Waals surface area contributed by atoms with Crippen LogP contribution in [0.3, 0.4) is 0 Å². The van der Waals surface area contributed by atoms with Gasteiger partial charge in [-0.1, -0.05) is 44.0 Å². The second-order valence-electron chi connectivity index (χ2n) is 6.57. The van der Waals surface area contributed by atoms with E-state index in [1.165, 1.54) is 31.2 Å². The highest BCUT2D eigenvalue weighted by Crippen LogP contribution is 2.36. The highest BCUT2D eigenvalue weighted by Gasteiger charge is 2.20. The molecule has 1 saturated carbocycles. The Morgan fingerprint density at radius 3 is 2.29 bits per heavy atom. The molecule has 1 aliphatic rings. The van der Waals surface area contributed by atoms with Crippen LogP contribution in [-0.4, -0.2) is 5.16 Å². The summed E-state index contributed by atoms with van der Waals surface area (Å²) in [7, 11) is 0. The molecule has 0 saturated heterocycles. The molecule has 1 aliphatic carbocycles. The second-order valence-corrected chi connectivity index (χ2v) is 6.75. The van der Waals surface area contributed by atoms with Gasteiger partial charge in [0, 0.05) is 11.6 Å². The average Bonchev–Trinajstić information content (AvgIpc) is 2.59. The van der Waals surface area contributed by atoms with Gasteiger partial charge >= 0.3 is 0 Å². The molecule has 0 heterocycles. The van der Waals surface area contributed by atoms with Gasteiger partial charge in [0.25, 0.3) is 0 Å². The summed E-state index contributed by atoms with van der Waals surface area (Å²) in [6.07, 6.45) is 4.92. The lowest BCUT2D eigenvalue weighted by Gasteiger charge is -2.26. The van der Waals surface area contributed by atoms with E-state index in [9.17, 15) is 8.78 Å². The number of halogens is 2. The van der Waals surface area contributed by atoms with E-state index in [0.29, 0.717) is 11.5 Å². The maximum atomic E-state index is 14.2. The highest BCUT2D eigenvalue weighted by atomic mass is 32.1. The van der Waals surface area contributed by atoms with Gasteiger partial charge in [-0.3, -0.25) is 0 Å². The Hall–Kier alpha value is -1.90. The van der Waals surface area contributed by atoms with Crippen molar-refractivity contribution < 1.29 is 8.78 Å². The molecule has 0 spiro atoms. The van der Waals surface area contributed by atoms with Gasteiger partial charge in [-0.25, -0.2) is 8.78 Å². The summed E-state index contributed by atoms with van der Waals surface area (Å²) in [6.45, 7) is 2.30. The van der Waals surface area contributed by atoms with E-state index in [0.717, 1.165) is 18.1 Å². The van der Waals surface area contributed by atoms with Crippen LogP contribution in [0.5, 0.6) is 0 Å². The zero-order valence-corrected chi connectivity index (χ0v) is 14.4. The molecule has 3 rings (SSSR count). The summed E-state index contributed by atoms with van der Waals surface area (Å²) in [6, 6.07) is 10.0. The number of hydrogen-bond donors (Lipinski definition) is 0. The Morgan fingerprint density at radius 2 is 1.67 bits per heavy atom. The molecule has 2 aromatic carbocycles. The number of hydrogen-bond acceptors (Lipinski definition) is 2. The van der Waals surface area contributed by atoms with Crippen LogP contribution in [0.25, 0.3) is 11.1 Å². The fourth-order valence-electron chi connectivity index (χ4n) is 3.42. The van der Waals surface area contributed by atoms with Crippen LogP contribution in [-0.2, 0) is 0 Å². The van der Waals surface area contributed by atoms with Crippen molar-refractivity contribution in [2.24, 2.45) is 10.9 Å². The number of isothiocyanates is 1. The van der Waals surface area contributed by atoms with E-state index < -0.39 is 11.6 Å². The first-order valence-electron chi connectivity index (χ1n) is 8.25. The number of benzene rings is 2. The van der Waals surface area contributed by atoms with E-state index in [1.54, 1.807) is 0 Å². The number of nitrogens with zero attached hydrogens (tertiary/aromatic N) is 1. The van der Waals surface area contributed by atoms with Gasteiger partial charge in [-0.05, 0) is 54.1 Å².